The molecule has 0 saturated heterocycles. The van der Waals surface area contributed by atoms with Gasteiger partial charge < -0.3 is 15.8 Å². The molecule has 0 aliphatic carbocycles. The van der Waals surface area contributed by atoms with Crippen molar-refractivity contribution in [3.63, 3.8) is 0 Å². The molecule has 0 saturated carbocycles. The van der Waals surface area contributed by atoms with Crippen LogP contribution in [0, 0.1) is 11.3 Å². The van der Waals surface area contributed by atoms with Crippen molar-refractivity contribution < 1.29 is 14.3 Å². The molecule has 25 heavy (non-hydrogen) atoms. The fraction of sp³-hybridized carbons (Fsp3) is 0.385. The number of rotatable bonds is 6. The molecule has 2 aromatic rings. The first-order valence-electron chi connectivity index (χ1n) is 7.02. The summed E-state index contributed by atoms with van der Waals surface area (Å²) >= 11 is 1.05. The Hall–Kier alpha value is -3.07. The van der Waals surface area contributed by atoms with E-state index in [1.54, 1.807) is 14.0 Å². The number of anilines is 2. The monoisotopic (exact) mass is 364 g/mol. The minimum atomic E-state index is -0.781. The number of thioether (sulfide) groups is 1. The Bertz CT molecular complexity index is 837. The summed E-state index contributed by atoms with van der Waals surface area (Å²) in [6, 6.07) is 1.17. The molecule has 0 fully saturated rings. The molecular weight excluding hydrogens is 348 g/mol. The zero-order chi connectivity index (χ0) is 18.6. The summed E-state index contributed by atoms with van der Waals surface area (Å²) < 4.78 is 7.34. The lowest BCUT2D eigenvalue weighted by Crippen LogP contribution is -2.26. The van der Waals surface area contributed by atoms with Crippen LogP contribution in [0.3, 0.4) is 0 Å². The number of nitriles is 1. The third-order valence-corrected chi connectivity index (χ3v) is 4.22. The van der Waals surface area contributed by atoms with Gasteiger partial charge in [-0.2, -0.15) is 10.4 Å². The summed E-state index contributed by atoms with van der Waals surface area (Å²) in [4.78, 5) is 23.8. The third kappa shape index (κ3) is 3.89. The minimum Gasteiger partial charge on any atom is -0.468 e. The van der Waals surface area contributed by atoms with E-state index in [0.717, 1.165) is 11.8 Å². The van der Waals surface area contributed by atoms with E-state index in [2.05, 4.69) is 25.3 Å². The van der Waals surface area contributed by atoms with E-state index in [-0.39, 0.29) is 23.1 Å². The lowest BCUT2D eigenvalue weighted by atomic mass is 10.3. The Morgan fingerprint density at radius 2 is 2.24 bits per heavy atom. The van der Waals surface area contributed by atoms with Crippen molar-refractivity contribution >= 4 is 35.4 Å². The summed E-state index contributed by atoms with van der Waals surface area (Å²) in [7, 11) is 2.88. The highest BCUT2D eigenvalue weighted by molar-refractivity contribution is 7.99. The molecule has 1 amide bonds. The molecule has 132 valence electrons. The van der Waals surface area contributed by atoms with Gasteiger partial charge in [0.25, 0.3) is 0 Å². The number of carbonyl (C=O) groups excluding carboxylic acids is 2. The molecule has 0 radical (unpaired) electrons. The molecule has 3 N–H and O–H groups in total. The number of nitrogens with zero attached hydrogens (tertiary/aromatic N) is 6. The van der Waals surface area contributed by atoms with E-state index in [9.17, 15) is 9.59 Å². The molecular formula is C13H16N8O3S. The molecule has 11 nitrogen and oxygen atoms in total. The molecule has 0 bridgehead atoms. The molecule has 1 unspecified atom stereocenters. The fourth-order valence-electron chi connectivity index (χ4n) is 1.94. The van der Waals surface area contributed by atoms with Crippen molar-refractivity contribution in [2.75, 3.05) is 23.9 Å². The largest absolute Gasteiger partial charge is 0.468 e. The highest BCUT2D eigenvalue weighted by Crippen LogP contribution is 2.24. The van der Waals surface area contributed by atoms with Crippen LogP contribution in [-0.2, 0) is 21.4 Å². The first-order valence-corrected chi connectivity index (χ1v) is 8.00. The van der Waals surface area contributed by atoms with Gasteiger partial charge in [-0.1, -0.05) is 11.8 Å². The smallest absolute Gasteiger partial charge is 0.316 e. The highest BCUT2D eigenvalue weighted by Gasteiger charge is 2.24. The average molecular weight is 364 g/mol. The molecule has 12 heteroatoms. The zero-order valence-corrected chi connectivity index (χ0v) is 14.6. The number of esters is 1. The maximum absolute atomic E-state index is 12.5. The zero-order valence-electron chi connectivity index (χ0n) is 13.8. The van der Waals surface area contributed by atoms with Crippen LogP contribution in [-0.4, -0.2) is 49.3 Å². The number of ether oxygens (including phenoxy) is 1. The molecule has 2 aromatic heterocycles. The second-order valence-corrected chi connectivity index (χ2v) is 5.83. The van der Waals surface area contributed by atoms with Crippen LogP contribution in [0.4, 0.5) is 11.8 Å². The van der Waals surface area contributed by atoms with Gasteiger partial charge in [0.15, 0.2) is 5.16 Å². The molecule has 2 heterocycles. The Morgan fingerprint density at radius 3 is 2.88 bits per heavy atom. The van der Waals surface area contributed by atoms with Gasteiger partial charge in [-0.05, 0) is 6.92 Å². The maximum Gasteiger partial charge on any atom is 0.316 e. The topological polar surface area (TPSA) is 154 Å². The van der Waals surface area contributed by atoms with Crippen molar-refractivity contribution in [2.24, 2.45) is 7.05 Å². The molecule has 1 atom stereocenters. The van der Waals surface area contributed by atoms with Crippen LogP contribution >= 0.6 is 11.8 Å². The van der Waals surface area contributed by atoms with Gasteiger partial charge in [-0.3, -0.25) is 18.8 Å². The summed E-state index contributed by atoms with van der Waals surface area (Å²) in [6.07, 6.45) is 1.35. The average Bonchev–Trinajstić information content (AvgIpc) is 3.14. The number of methoxy groups -OCH3 is 1. The van der Waals surface area contributed by atoms with Crippen LogP contribution in [0.1, 0.15) is 18.5 Å². The van der Waals surface area contributed by atoms with Gasteiger partial charge in [-0.25, -0.2) is 0 Å². The number of aromatic nitrogens is 5. The lowest BCUT2D eigenvalue weighted by Gasteiger charge is -2.16. The number of nitrogens with two attached hydrogens (primary N) is 1. The Balaban J connectivity index is 2.19. The second-order valence-electron chi connectivity index (χ2n) is 4.88. The summed E-state index contributed by atoms with van der Waals surface area (Å²) in [5.41, 5.74) is 6.02. The number of amides is 1. The van der Waals surface area contributed by atoms with Gasteiger partial charge in [-0.15, -0.1) is 10.2 Å². The van der Waals surface area contributed by atoms with Crippen LogP contribution < -0.4 is 11.1 Å². The van der Waals surface area contributed by atoms with E-state index in [0.29, 0.717) is 5.16 Å². The van der Waals surface area contributed by atoms with E-state index < -0.39 is 17.9 Å². The molecule has 0 spiro atoms. The van der Waals surface area contributed by atoms with Gasteiger partial charge >= 0.3 is 5.97 Å². The molecule has 2 rings (SSSR count). The van der Waals surface area contributed by atoms with Crippen molar-refractivity contribution in [1.82, 2.24) is 24.5 Å². The Kier molecular flexibility index (Phi) is 5.60. The van der Waals surface area contributed by atoms with Crippen molar-refractivity contribution in [3.05, 3.63) is 11.8 Å². The van der Waals surface area contributed by atoms with Crippen LogP contribution in [0.15, 0.2) is 11.4 Å². The van der Waals surface area contributed by atoms with E-state index in [1.165, 1.54) is 22.6 Å². The van der Waals surface area contributed by atoms with Crippen molar-refractivity contribution in [3.8, 4) is 6.07 Å². The second kappa shape index (κ2) is 7.67. The van der Waals surface area contributed by atoms with Crippen LogP contribution in [0.25, 0.3) is 0 Å². The SMILES string of the molecule is COC(=O)CSc1nnc(N)n1C(C)C(=O)Nc1c(C#N)cnn1C. The van der Waals surface area contributed by atoms with Crippen LogP contribution in [0.5, 0.6) is 0 Å². The highest BCUT2D eigenvalue weighted by atomic mass is 32.2. The van der Waals surface area contributed by atoms with E-state index in [1.807, 2.05) is 6.07 Å². The normalized spacial score (nSPS) is 11.6. The number of aryl methyl sites for hydroxylation is 1. The number of nitrogen functional groups attached to an aromatic ring is 1. The van der Waals surface area contributed by atoms with Gasteiger partial charge in [0.2, 0.25) is 11.9 Å². The Morgan fingerprint density at radius 1 is 1.52 bits per heavy atom. The predicted octanol–water partition coefficient (Wildman–Crippen LogP) is -0.0697. The Labute approximate surface area is 147 Å². The van der Waals surface area contributed by atoms with E-state index in [4.69, 9.17) is 11.0 Å². The number of hydrogen-bond donors (Lipinski definition) is 2. The number of carbonyl (C=O) groups is 2. The summed E-state index contributed by atoms with van der Waals surface area (Å²) in [5.74, 6) is -0.575. The first kappa shape index (κ1) is 18.3. The third-order valence-electron chi connectivity index (χ3n) is 3.31. The van der Waals surface area contributed by atoms with Crippen molar-refractivity contribution in [1.29, 1.82) is 5.26 Å². The van der Waals surface area contributed by atoms with Crippen LogP contribution in [0.2, 0.25) is 0 Å². The van der Waals surface area contributed by atoms with Crippen molar-refractivity contribution in [2.45, 2.75) is 18.1 Å². The fourth-order valence-corrected chi connectivity index (χ4v) is 2.79. The standard InChI is InChI=1S/C13H16N8O3S/c1-7(11(23)17-10-8(4-14)5-16-20(10)2)21-12(15)18-19-13(21)25-6-9(22)24-3/h5,7H,6H2,1-3H3,(H2,15,18)(H,17,23). The summed E-state index contributed by atoms with van der Waals surface area (Å²) in [6.45, 7) is 1.60. The molecule has 0 aliphatic rings. The summed E-state index contributed by atoms with van der Waals surface area (Å²) in [5, 5.41) is 23.5. The minimum absolute atomic E-state index is 0.00326. The van der Waals surface area contributed by atoms with Gasteiger partial charge in [0, 0.05) is 7.05 Å². The molecule has 0 aliphatic heterocycles. The molecule has 0 aromatic carbocycles. The predicted molar refractivity (Wildman–Crippen MR) is 88.4 cm³/mol. The number of hydrogen-bond acceptors (Lipinski definition) is 9. The number of nitrogens with one attached hydrogen (secondary N) is 1. The maximum atomic E-state index is 12.5. The van der Waals surface area contributed by atoms with Gasteiger partial charge in [0.1, 0.15) is 23.5 Å². The van der Waals surface area contributed by atoms with Gasteiger partial charge in [0.05, 0.1) is 19.1 Å². The lowest BCUT2D eigenvalue weighted by molar-refractivity contribution is -0.137. The first-order chi connectivity index (χ1) is 11.9. The quantitative estimate of drug-likeness (QED) is 0.529. The van der Waals surface area contributed by atoms with E-state index >= 15 is 0 Å².